The van der Waals surface area contributed by atoms with Crippen LogP contribution in [0.25, 0.3) is 0 Å². The van der Waals surface area contributed by atoms with E-state index in [2.05, 4.69) is 20.6 Å². The molecular formula is C11H20N4O2. The van der Waals surface area contributed by atoms with Crippen LogP contribution in [-0.4, -0.2) is 41.9 Å². The topological polar surface area (TPSA) is 79.3 Å². The minimum absolute atomic E-state index is 0.313. The molecule has 0 fully saturated rings. The van der Waals surface area contributed by atoms with Crippen LogP contribution in [0.15, 0.2) is 6.07 Å². The molecule has 0 saturated heterocycles. The molecule has 0 aliphatic rings. The van der Waals surface area contributed by atoms with Gasteiger partial charge in [0.05, 0.1) is 6.10 Å². The fourth-order valence-electron chi connectivity index (χ4n) is 1.32. The van der Waals surface area contributed by atoms with Gasteiger partial charge in [0.1, 0.15) is 18.2 Å². The summed E-state index contributed by atoms with van der Waals surface area (Å²) in [7, 11) is 3.41. The number of hydrogen-bond donors (Lipinski definition) is 3. The maximum Gasteiger partial charge on any atom is 0.158 e. The van der Waals surface area contributed by atoms with Crippen LogP contribution in [0.5, 0.6) is 0 Å². The van der Waals surface area contributed by atoms with E-state index in [1.54, 1.807) is 21.1 Å². The molecule has 96 valence electrons. The highest BCUT2D eigenvalue weighted by Crippen LogP contribution is 2.11. The Morgan fingerprint density at radius 3 is 2.71 bits per heavy atom. The number of aliphatic hydroxyl groups excluding tert-OH is 1. The molecule has 0 amide bonds. The van der Waals surface area contributed by atoms with E-state index in [9.17, 15) is 0 Å². The molecule has 0 aromatic carbocycles. The van der Waals surface area contributed by atoms with Crippen molar-refractivity contribution in [2.45, 2.75) is 26.1 Å². The molecule has 1 atom stereocenters. The smallest absolute Gasteiger partial charge is 0.158 e. The summed E-state index contributed by atoms with van der Waals surface area (Å²) in [5.74, 6) is 2.10. The van der Waals surface area contributed by atoms with Crippen LogP contribution >= 0.6 is 0 Å². The number of hydrogen-bond acceptors (Lipinski definition) is 6. The number of ether oxygens (including phenoxy) is 1. The number of aliphatic hydroxyl groups is 1. The monoisotopic (exact) mass is 240 g/mol. The van der Waals surface area contributed by atoms with Gasteiger partial charge in [0, 0.05) is 26.8 Å². The first-order valence-corrected chi connectivity index (χ1v) is 5.62. The van der Waals surface area contributed by atoms with E-state index in [0.717, 1.165) is 11.6 Å². The molecule has 1 heterocycles. The van der Waals surface area contributed by atoms with Gasteiger partial charge in [-0.1, -0.05) is 0 Å². The minimum atomic E-state index is -0.313. The van der Waals surface area contributed by atoms with Gasteiger partial charge >= 0.3 is 0 Å². The SMILES string of the molecule is CNc1cc(NCCC(C)O)nc(COC)n1. The van der Waals surface area contributed by atoms with E-state index in [-0.39, 0.29) is 6.10 Å². The van der Waals surface area contributed by atoms with Crippen molar-refractivity contribution in [3.05, 3.63) is 11.9 Å². The number of aromatic nitrogens is 2. The van der Waals surface area contributed by atoms with Crippen LogP contribution in [0.2, 0.25) is 0 Å². The zero-order chi connectivity index (χ0) is 12.7. The van der Waals surface area contributed by atoms with Gasteiger partial charge < -0.3 is 20.5 Å². The third-order valence-corrected chi connectivity index (χ3v) is 2.17. The highest BCUT2D eigenvalue weighted by molar-refractivity contribution is 5.47. The lowest BCUT2D eigenvalue weighted by atomic mass is 10.3. The van der Waals surface area contributed by atoms with Gasteiger partial charge in [-0.25, -0.2) is 9.97 Å². The van der Waals surface area contributed by atoms with E-state index in [1.165, 1.54) is 0 Å². The van der Waals surface area contributed by atoms with Gasteiger partial charge in [-0.05, 0) is 13.3 Å². The first-order valence-electron chi connectivity index (χ1n) is 5.62. The molecule has 0 radical (unpaired) electrons. The predicted octanol–water partition coefficient (Wildman–Crippen LogP) is 0.847. The average molecular weight is 240 g/mol. The Balaban J connectivity index is 2.66. The summed E-state index contributed by atoms with van der Waals surface area (Å²) in [4.78, 5) is 8.55. The second kappa shape index (κ2) is 7.03. The molecule has 1 rings (SSSR count). The summed E-state index contributed by atoms with van der Waals surface area (Å²) in [5.41, 5.74) is 0. The Morgan fingerprint density at radius 1 is 1.41 bits per heavy atom. The Hall–Kier alpha value is -1.40. The second-order valence-electron chi connectivity index (χ2n) is 3.80. The molecule has 1 aromatic rings. The molecule has 0 aliphatic heterocycles. The molecule has 1 unspecified atom stereocenters. The number of rotatable bonds is 7. The van der Waals surface area contributed by atoms with Gasteiger partial charge in [-0.2, -0.15) is 0 Å². The zero-order valence-electron chi connectivity index (χ0n) is 10.5. The molecule has 0 saturated carbocycles. The molecule has 17 heavy (non-hydrogen) atoms. The van der Waals surface area contributed by atoms with Crippen molar-refractivity contribution >= 4 is 11.6 Å². The Morgan fingerprint density at radius 2 is 2.12 bits per heavy atom. The normalized spacial score (nSPS) is 12.2. The second-order valence-corrected chi connectivity index (χ2v) is 3.80. The number of nitrogens with one attached hydrogen (secondary N) is 2. The average Bonchev–Trinajstić information content (AvgIpc) is 2.28. The predicted molar refractivity (Wildman–Crippen MR) is 67.1 cm³/mol. The molecule has 0 aliphatic carbocycles. The third kappa shape index (κ3) is 4.97. The Kier molecular flexibility index (Phi) is 5.65. The lowest BCUT2D eigenvalue weighted by Gasteiger charge is -2.10. The summed E-state index contributed by atoms with van der Waals surface area (Å²) in [6.45, 7) is 2.81. The van der Waals surface area contributed by atoms with Crippen LogP contribution in [0.4, 0.5) is 11.6 Å². The van der Waals surface area contributed by atoms with Crippen molar-refractivity contribution in [2.75, 3.05) is 31.3 Å². The minimum Gasteiger partial charge on any atom is -0.393 e. The molecule has 6 nitrogen and oxygen atoms in total. The van der Waals surface area contributed by atoms with Gasteiger partial charge in [0.15, 0.2) is 5.82 Å². The highest BCUT2D eigenvalue weighted by atomic mass is 16.5. The van der Waals surface area contributed by atoms with Crippen LogP contribution in [0, 0.1) is 0 Å². The van der Waals surface area contributed by atoms with Crippen LogP contribution in [0.1, 0.15) is 19.2 Å². The summed E-state index contributed by atoms with van der Waals surface area (Å²) >= 11 is 0. The van der Waals surface area contributed by atoms with E-state index < -0.39 is 0 Å². The van der Waals surface area contributed by atoms with Gasteiger partial charge in [-0.15, -0.1) is 0 Å². The van der Waals surface area contributed by atoms with Crippen molar-refractivity contribution < 1.29 is 9.84 Å². The third-order valence-electron chi connectivity index (χ3n) is 2.17. The zero-order valence-corrected chi connectivity index (χ0v) is 10.5. The lowest BCUT2D eigenvalue weighted by Crippen LogP contribution is -2.12. The number of anilines is 2. The molecular weight excluding hydrogens is 220 g/mol. The van der Waals surface area contributed by atoms with Crippen LogP contribution < -0.4 is 10.6 Å². The Bertz CT molecular complexity index is 344. The van der Waals surface area contributed by atoms with Crippen molar-refractivity contribution in [1.82, 2.24) is 9.97 Å². The summed E-state index contributed by atoms with van der Waals surface area (Å²) in [6, 6.07) is 1.82. The highest BCUT2D eigenvalue weighted by Gasteiger charge is 2.03. The standard InChI is InChI=1S/C11H20N4O2/c1-8(16)4-5-13-10-6-9(12-2)14-11(15-10)7-17-3/h6,8,16H,4-5,7H2,1-3H3,(H2,12,13,14,15). The van der Waals surface area contributed by atoms with Crippen LogP contribution in [0.3, 0.4) is 0 Å². The summed E-state index contributed by atoms with van der Waals surface area (Å²) in [6.07, 6.45) is 0.366. The molecule has 0 bridgehead atoms. The number of nitrogens with zero attached hydrogens (tertiary/aromatic N) is 2. The van der Waals surface area contributed by atoms with Crippen molar-refractivity contribution in [3.8, 4) is 0 Å². The summed E-state index contributed by atoms with van der Waals surface area (Å²) in [5, 5.41) is 15.3. The molecule has 0 spiro atoms. The van der Waals surface area contributed by atoms with Crippen molar-refractivity contribution in [1.29, 1.82) is 0 Å². The fourth-order valence-corrected chi connectivity index (χ4v) is 1.32. The van der Waals surface area contributed by atoms with Gasteiger partial charge in [-0.3, -0.25) is 0 Å². The van der Waals surface area contributed by atoms with Gasteiger partial charge in [0.25, 0.3) is 0 Å². The van der Waals surface area contributed by atoms with Crippen molar-refractivity contribution in [3.63, 3.8) is 0 Å². The molecule has 3 N–H and O–H groups in total. The first-order chi connectivity index (χ1) is 8.15. The van der Waals surface area contributed by atoms with Crippen molar-refractivity contribution in [2.24, 2.45) is 0 Å². The molecule has 6 heteroatoms. The lowest BCUT2D eigenvalue weighted by molar-refractivity contribution is 0.178. The van der Waals surface area contributed by atoms with E-state index in [1.807, 2.05) is 6.07 Å². The van der Waals surface area contributed by atoms with E-state index in [4.69, 9.17) is 9.84 Å². The molecule has 1 aromatic heterocycles. The van der Waals surface area contributed by atoms with E-state index >= 15 is 0 Å². The first kappa shape index (κ1) is 13.7. The Labute approximate surface area is 101 Å². The van der Waals surface area contributed by atoms with Gasteiger partial charge in [0.2, 0.25) is 0 Å². The quantitative estimate of drug-likeness (QED) is 0.655. The number of methoxy groups -OCH3 is 1. The fraction of sp³-hybridized carbons (Fsp3) is 0.636. The van der Waals surface area contributed by atoms with Crippen LogP contribution in [-0.2, 0) is 11.3 Å². The maximum atomic E-state index is 9.16. The summed E-state index contributed by atoms with van der Waals surface area (Å²) < 4.78 is 5.00. The van der Waals surface area contributed by atoms with E-state index in [0.29, 0.717) is 25.4 Å². The largest absolute Gasteiger partial charge is 0.393 e. The maximum absolute atomic E-state index is 9.16.